The van der Waals surface area contributed by atoms with E-state index in [9.17, 15) is 0 Å². The van der Waals surface area contributed by atoms with Crippen LogP contribution < -0.4 is 4.90 Å². The number of rotatable bonds is 2. The molecule has 2 aromatic carbocycles. The second-order valence-corrected chi connectivity index (χ2v) is 6.65. The van der Waals surface area contributed by atoms with Gasteiger partial charge in [-0.2, -0.15) is 0 Å². The Morgan fingerprint density at radius 1 is 0.882 bits per heavy atom. The Kier molecular flexibility index (Phi) is 4.72. The van der Waals surface area contributed by atoms with Crippen LogP contribution in [-0.2, 0) is 16.6 Å². The molecule has 0 amide bonds. The number of para-hydroxylation sites is 2. The van der Waals surface area contributed by atoms with Crippen molar-refractivity contribution in [3.05, 3.63) is 60.7 Å². The van der Waals surface area contributed by atoms with Gasteiger partial charge in [0.25, 0.3) is 0 Å². The van der Waals surface area contributed by atoms with Gasteiger partial charge in [-0.1, -0.05) is 0 Å². The fourth-order valence-corrected chi connectivity index (χ4v) is 2.97. The molecule has 0 aromatic heterocycles. The van der Waals surface area contributed by atoms with E-state index in [0.717, 1.165) is 32.3 Å². The summed E-state index contributed by atoms with van der Waals surface area (Å²) in [5.41, 5.74) is 2.29. The van der Waals surface area contributed by atoms with E-state index in [4.69, 9.17) is 0 Å². The molecule has 0 fully saturated rings. The van der Waals surface area contributed by atoms with Crippen molar-refractivity contribution in [2.24, 2.45) is 0 Å². The Balaban J connectivity index is 2.51. The molecular weight excluding hydrogens is 300 g/mol. The normalized spacial score (nSPS) is 9.82. The number of hydrogen-bond acceptors (Lipinski definition) is 0. The van der Waals surface area contributed by atoms with E-state index in [1.54, 1.807) is 8.84 Å². The van der Waals surface area contributed by atoms with Gasteiger partial charge in [-0.3, -0.25) is 0 Å². The zero-order valence-electron chi connectivity index (χ0n) is 9.28. The van der Waals surface area contributed by atoms with Gasteiger partial charge in [-0.05, 0) is 0 Å². The molecule has 0 aliphatic carbocycles. The summed E-state index contributed by atoms with van der Waals surface area (Å²) in [6.07, 6.45) is 0. The van der Waals surface area contributed by atoms with E-state index in [1.165, 1.54) is 0 Å². The van der Waals surface area contributed by atoms with E-state index in [2.05, 4.69) is 41.8 Å². The third kappa shape index (κ3) is 3.15. The van der Waals surface area contributed by atoms with Crippen molar-refractivity contribution in [2.45, 2.75) is 0 Å². The fourth-order valence-electron chi connectivity index (χ4n) is 1.59. The Labute approximate surface area is 119 Å². The SMILES string of the molecule is SC(=[S]=[Zn])N(c1ccccc1)c1ccccc1. The van der Waals surface area contributed by atoms with Crippen molar-refractivity contribution < 1.29 is 16.6 Å². The van der Waals surface area contributed by atoms with Crippen LogP contribution in [0.5, 0.6) is 0 Å². The molecule has 82 valence electrons. The van der Waals surface area contributed by atoms with Gasteiger partial charge in [0, 0.05) is 0 Å². The van der Waals surface area contributed by atoms with E-state index < -0.39 is 0 Å². The maximum absolute atomic E-state index is 4.58. The third-order valence-electron chi connectivity index (χ3n) is 2.35. The number of anilines is 2. The van der Waals surface area contributed by atoms with Crippen LogP contribution in [0.1, 0.15) is 0 Å². The minimum absolute atomic E-state index is 1.02. The molecule has 0 unspecified atom stereocenters. The Hall–Kier alpha value is -0.697. The summed E-state index contributed by atoms with van der Waals surface area (Å²) < 4.78 is 1.02. The van der Waals surface area contributed by atoms with Crippen molar-refractivity contribution >= 4 is 37.2 Å². The number of thiol groups is 1. The summed E-state index contributed by atoms with van der Waals surface area (Å²) in [5, 5.41) is 0. The van der Waals surface area contributed by atoms with Gasteiger partial charge in [0.1, 0.15) is 0 Å². The topological polar surface area (TPSA) is 3.24 Å². The monoisotopic (exact) mass is 309 g/mol. The average molecular weight is 311 g/mol. The van der Waals surface area contributed by atoms with E-state index >= 15 is 0 Å². The molecule has 0 N–H and O–H groups in total. The Bertz CT molecular complexity index is 496. The third-order valence-corrected chi connectivity index (χ3v) is 6.63. The molecule has 0 spiro atoms. The van der Waals surface area contributed by atoms with Crippen LogP contribution in [0.25, 0.3) is 0 Å². The molecule has 0 aliphatic rings. The maximum atomic E-state index is 4.58. The van der Waals surface area contributed by atoms with E-state index in [-0.39, 0.29) is 0 Å². The van der Waals surface area contributed by atoms with Gasteiger partial charge in [0.2, 0.25) is 0 Å². The molecule has 0 aliphatic heterocycles. The van der Waals surface area contributed by atoms with Gasteiger partial charge < -0.3 is 0 Å². The van der Waals surface area contributed by atoms with Crippen LogP contribution in [0.3, 0.4) is 0 Å². The second kappa shape index (κ2) is 6.29. The van der Waals surface area contributed by atoms with Crippen molar-refractivity contribution in [3.63, 3.8) is 0 Å². The summed E-state index contributed by atoms with van der Waals surface area (Å²) in [6.45, 7) is 0. The van der Waals surface area contributed by atoms with Gasteiger partial charge in [-0.15, -0.1) is 0 Å². The summed E-state index contributed by atoms with van der Waals surface area (Å²) >= 11 is 5.72. The van der Waals surface area contributed by atoms with E-state index in [0.29, 0.717) is 0 Å². The summed E-state index contributed by atoms with van der Waals surface area (Å²) in [7, 11) is 1.75. The molecule has 0 saturated carbocycles. The van der Waals surface area contributed by atoms with Crippen molar-refractivity contribution in [1.29, 1.82) is 0 Å². The number of hydrogen-bond donors (Lipinski definition) is 1. The van der Waals surface area contributed by atoms with Crippen LogP contribution in [-0.4, -0.2) is 4.32 Å². The molecule has 4 heteroatoms. The predicted octanol–water partition coefficient (Wildman–Crippen LogP) is 4.04. The molecule has 1 nitrogen and oxygen atoms in total. The summed E-state index contributed by atoms with van der Waals surface area (Å²) in [6, 6.07) is 20.6. The molecule has 2 rings (SSSR count). The van der Waals surface area contributed by atoms with E-state index in [1.807, 2.05) is 36.4 Å². The van der Waals surface area contributed by atoms with Gasteiger partial charge in [0.05, 0.1) is 0 Å². The van der Waals surface area contributed by atoms with Crippen LogP contribution >= 0.6 is 21.5 Å². The number of benzene rings is 2. The molecule has 0 heterocycles. The average Bonchev–Trinajstić information content (AvgIpc) is 2.41. The van der Waals surface area contributed by atoms with Crippen LogP contribution in [0.2, 0.25) is 0 Å². The zero-order valence-corrected chi connectivity index (χ0v) is 14.0. The van der Waals surface area contributed by atoms with Crippen molar-refractivity contribution in [2.75, 3.05) is 4.90 Å². The molecule has 0 saturated heterocycles. The first-order valence-corrected chi connectivity index (χ1v) is 10.3. The van der Waals surface area contributed by atoms with Gasteiger partial charge in [-0.25, -0.2) is 0 Å². The van der Waals surface area contributed by atoms with Crippen molar-refractivity contribution in [3.8, 4) is 0 Å². The molecule has 0 bridgehead atoms. The minimum atomic E-state index is 1.02. The summed E-state index contributed by atoms with van der Waals surface area (Å²) in [5.74, 6) is 0. The molecular formula is C13H11NS2Zn. The first kappa shape index (κ1) is 12.8. The fraction of sp³-hybridized carbons (Fsp3) is 0. The molecule has 0 radical (unpaired) electrons. The van der Waals surface area contributed by atoms with Gasteiger partial charge in [0.15, 0.2) is 0 Å². The first-order chi connectivity index (χ1) is 8.33. The van der Waals surface area contributed by atoms with Gasteiger partial charge >= 0.3 is 119 Å². The molecule has 2 aromatic rings. The first-order valence-electron chi connectivity index (χ1n) is 5.21. The Morgan fingerprint density at radius 3 is 1.65 bits per heavy atom. The van der Waals surface area contributed by atoms with Crippen molar-refractivity contribution in [1.82, 2.24) is 0 Å². The second-order valence-electron chi connectivity index (χ2n) is 3.43. The molecule has 17 heavy (non-hydrogen) atoms. The van der Waals surface area contributed by atoms with Crippen LogP contribution in [0.15, 0.2) is 60.7 Å². The quantitative estimate of drug-likeness (QED) is 0.498. The van der Waals surface area contributed by atoms with Crippen LogP contribution in [0, 0.1) is 0 Å². The standard InChI is InChI=1S/C13H11NS2.Zn/c15-13(16)14(11-7-3-1-4-8-11)12-9-5-2-6-10-12;/h1-10H,(H,15,16);. The Morgan fingerprint density at radius 2 is 1.29 bits per heavy atom. The summed E-state index contributed by atoms with van der Waals surface area (Å²) in [4.78, 5) is 2.16. The molecule has 0 atom stereocenters. The number of nitrogens with zero attached hydrogens (tertiary/aromatic N) is 1. The van der Waals surface area contributed by atoms with Crippen LogP contribution in [0.4, 0.5) is 11.4 Å². The zero-order chi connectivity index (χ0) is 12.1. The predicted molar refractivity (Wildman–Crippen MR) is 76.6 cm³/mol.